The van der Waals surface area contributed by atoms with Gasteiger partial charge in [0, 0.05) is 44.6 Å². The van der Waals surface area contributed by atoms with Crippen molar-refractivity contribution in [2.24, 2.45) is 0 Å². The van der Waals surface area contributed by atoms with Crippen LogP contribution in [0, 0.1) is 0 Å². The number of rotatable bonds is 8. The molecule has 296 valence electrons. The first-order valence-electron chi connectivity index (χ1n) is 21.9. The van der Waals surface area contributed by atoms with E-state index in [0.29, 0.717) is 0 Å². The van der Waals surface area contributed by atoms with Crippen molar-refractivity contribution in [1.29, 1.82) is 0 Å². The van der Waals surface area contributed by atoms with Crippen molar-refractivity contribution in [3.05, 3.63) is 247 Å². The number of nitrogens with zero attached hydrogens (tertiary/aromatic N) is 3. The first-order chi connectivity index (χ1) is 30.7. The second kappa shape index (κ2) is 14.8. The monoisotopic (exact) mass is 795 g/mol. The molecule has 62 heavy (non-hydrogen) atoms. The average molecular weight is 796 g/mol. The molecular weight excluding hydrogens is 751 g/mol. The van der Waals surface area contributed by atoms with Gasteiger partial charge >= 0.3 is 0 Å². The maximum atomic E-state index is 2.54. The highest BCUT2D eigenvalue weighted by molar-refractivity contribution is 6.10. The first kappa shape index (κ1) is 36.2. The van der Waals surface area contributed by atoms with E-state index in [9.17, 15) is 0 Å². The van der Waals surface area contributed by atoms with Crippen LogP contribution in [0.5, 0.6) is 0 Å². The van der Waals surface area contributed by atoms with E-state index in [1.54, 1.807) is 0 Å². The maximum absolute atomic E-state index is 2.54. The van der Waals surface area contributed by atoms with Gasteiger partial charge in [0.25, 0.3) is 0 Å². The van der Waals surface area contributed by atoms with Gasteiger partial charge in [0.1, 0.15) is 0 Å². The van der Waals surface area contributed by atoms with Crippen LogP contribution in [0.2, 0.25) is 0 Å². The van der Waals surface area contributed by atoms with E-state index in [1.165, 1.54) is 66.6 Å². The first-order valence-corrected chi connectivity index (χ1v) is 21.9. The molecule has 0 amide bonds. The van der Waals surface area contributed by atoms with E-state index in [4.69, 9.17) is 0 Å². The molecule has 9 aromatic carbocycles. The summed E-state index contributed by atoms with van der Waals surface area (Å²) in [4.78, 5) is 5.04. The molecule has 0 radical (unpaired) electrons. The van der Waals surface area contributed by atoms with E-state index in [-0.39, 0.29) is 5.41 Å². The van der Waals surface area contributed by atoms with E-state index < -0.39 is 0 Å². The summed E-state index contributed by atoms with van der Waals surface area (Å²) in [6.07, 6.45) is 4.23. The van der Waals surface area contributed by atoms with Crippen LogP contribution in [0.15, 0.2) is 224 Å². The smallest absolute Gasteiger partial charge is 0.0561 e. The summed E-state index contributed by atoms with van der Waals surface area (Å²) in [6, 6.07) is 82.6. The van der Waals surface area contributed by atoms with Gasteiger partial charge in [0.2, 0.25) is 0 Å². The Hall–Kier alpha value is -7.62. The molecule has 1 atom stereocenters. The van der Waals surface area contributed by atoms with Crippen LogP contribution < -0.4 is 9.80 Å². The Morgan fingerprint density at radius 2 is 0.823 bits per heavy atom. The van der Waals surface area contributed by atoms with Gasteiger partial charge in [-0.1, -0.05) is 146 Å². The summed E-state index contributed by atoms with van der Waals surface area (Å²) in [5, 5.41) is 2.51. The number of aryl methyl sites for hydroxylation is 2. The minimum atomic E-state index is -0.176. The fraction of sp³-hybridized carbons (Fsp3) is 0.0847. The van der Waals surface area contributed by atoms with E-state index in [1.807, 2.05) is 0 Å². The van der Waals surface area contributed by atoms with Crippen molar-refractivity contribution in [3.8, 4) is 16.8 Å². The summed E-state index contributed by atoms with van der Waals surface area (Å²) in [6.45, 7) is 0. The molecule has 0 unspecified atom stereocenters. The Balaban J connectivity index is 1.06. The Bertz CT molecular complexity index is 3220. The van der Waals surface area contributed by atoms with Gasteiger partial charge in [-0.25, -0.2) is 0 Å². The minimum absolute atomic E-state index is 0.176. The molecule has 1 spiro atoms. The lowest BCUT2D eigenvalue weighted by atomic mass is 9.74. The Morgan fingerprint density at radius 1 is 0.355 bits per heavy atom. The van der Waals surface area contributed by atoms with Crippen LogP contribution in [0.25, 0.3) is 38.6 Å². The Kier molecular flexibility index (Phi) is 8.67. The van der Waals surface area contributed by atoms with Gasteiger partial charge in [-0.2, -0.15) is 0 Å². The zero-order valence-corrected chi connectivity index (χ0v) is 34.5. The van der Waals surface area contributed by atoms with Gasteiger partial charge in [-0.05, 0) is 138 Å². The number of fused-ring (bicyclic) bond motifs is 7. The van der Waals surface area contributed by atoms with E-state index in [0.717, 1.165) is 54.1 Å². The summed E-state index contributed by atoms with van der Waals surface area (Å²) in [5.74, 6) is 0. The summed E-state index contributed by atoms with van der Waals surface area (Å²) in [5.41, 5.74) is 18.8. The number of anilines is 6. The predicted octanol–water partition coefficient (Wildman–Crippen LogP) is 15.6. The minimum Gasteiger partial charge on any atom is -0.310 e. The maximum Gasteiger partial charge on any atom is 0.0561 e. The van der Waals surface area contributed by atoms with Crippen molar-refractivity contribution in [2.45, 2.75) is 31.1 Å². The normalized spacial score (nSPS) is 15.2. The third-order valence-electron chi connectivity index (χ3n) is 13.5. The average Bonchev–Trinajstić information content (AvgIpc) is 4.03. The van der Waals surface area contributed by atoms with Crippen LogP contribution in [-0.4, -0.2) is 4.57 Å². The molecule has 0 bridgehead atoms. The zero-order chi connectivity index (χ0) is 41.0. The lowest BCUT2D eigenvalue weighted by Gasteiger charge is -2.37. The highest BCUT2D eigenvalue weighted by Crippen LogP contribution is 2.60. The van der Waals surface area contributed by atoms with Crippen LogP contribution >= 0.6 is 0 Å². The number of benzene rings is 9. The van der Waals surface area contributed by atoms with Gasteiger partial charge < -0.3 is 14.4 Å². The number of aromatic nitrogens is 1. The van der Waals surface area contributed by atoms with Gasteiger partial charge in [-0.3, -0.25) is 0 Å². The molecule has 2 aliphatic rings. The summed E-state index contributed by atoms with van der Waals surface area (Å²) >= 11 is 0. The third-order valence-corrected chi connectivity index (χ3v) is 13.5. The van der Waals surface area contributed by atoms with Crippen molar-refractivity contribution in [3.63, 3.8) is 0 Å². The molecule has 0 fully saturated rings. The highest BCUT2D eigenvalue weighted by Gasteiger charge is 2.49. The van der Waals surface area contributed by atoms with Crippen molar-refractivity contribution in [1.82, 2.24) is 4.57 Å². The van der Waals surface area contributed by atoms with Crippen LogP contribution in [-0.2, 0) is 18.3 Å². The molecule has 0 saturated carbocycles. The van der Waals surface area contributed by atoms with Crippen LogP contribution in [0.1, 0.15) is 35.1 Å². The third kappa shape index (κ3) is 5.80. The molecule has 10 aromatic rings. The van der Waals surface area contributed by atoms with Gasteiger partial charge in [0.05, 0.1) is 22.4 Å². The van der Waals surface area contributed by atoms with Gasteiger partial charge in [0.15, 0.2) is 0 Å². The molecular formula is C59H45N3. The molecule has 3 nitrogen and oxygen atoms in total. The molecule has 1 heterocycles. The molecule has 12 rings (SSSR count). The SMILES string of the molecule is c1ccc(-c2ccc(N(c3ccccc3)c3cccc4c3[C@@]3(CC4)CCc4cccc(N(c5ccccc5)c5ccc6c7ccccc7n(-c7ccccc7)c6c5)c43)cc2)cc1. The molecule has 0 saturated heterocycles. The lowest BCUT2D eigenvalue weighted by Crippen LogP contribution is -2.27. The number of para-hydroxylation sites is 4. The summed E-state index contributed by atoms with van der Waals surface area (Å²) < 4.78 is 2.43. The van der Waals surface area contributed by atoms with Crippen LogP contribution in [0.4, 0.5) is 34.1 Å². The predicted molar refractivity (Wildman–Crippen MR) is 259 cm³/mol. The second-order valence-corrected chi connectivity index (χ2v) is 16.8. The fourth-order valence-electron chi connectivity index (χ4n) is 10.9. The van der Waals surface area contributed by atoms with E-state index >= 15 is 0 Å². The second-order valence-electron chi connectivity index (χ2n) is 16.8. The molecule has 0 N–H and O–H groups in total. The quantitative estimate of drug-likeness (QED) is 0.152. The molecule has 2 aliphatic carbocycles. The zero-order valence-electron chi connectivity index (χ0n) is 34.5. The van der Waals surface area contributed by atoms with Crippen molar-refractivity contribution < 1.29 is 0 Å². The molecule has 3 heteroatoms. The Morgan fingerprint density at radius 3 is 1.44 bits per heavy atom. The van der Waals surface area contributed by atoms with Gasteiger partial charge in [-0.15, -0.1) is 0 Å². The standard InChI is InChI=1S/C59H45N3/c1-5-17-42(18-6-1)43-31-33-49(34-32-43)60(46-21-7-2-8-22-46)54-29-15-19-44-37-39-59(57(44)54)40-38-45-20-16-30-55(58(45)59)61(47-23-9-3-10-24-47)50-35-36-52-51-27-13-14-28-53(51)62(56(52)41-50)48-25-11-4-12-26-48/h1-36,41H,37-40H2/t59-/m1/s1. The lowest BCUT2D eigenvalue weighted by molar-refractivity contribution is 0.508. The highest BCUT2D eigenvalue weighted by atomic mass is 15.2. The summed E-state index contributed by atoms with van der Waals surface area (Å²) in [7, 11) is 0. The number of hydrogen-bond donors (Lipinski definition) is 0. The molecule has 0 aliphatic heterocycles. The Labute approximate surface area is 363 Å². The molecule has 1 aromatic heterocycles. The number of hydrogen-bond acceptors (Lipinski definition) is 2. The van der Waals surface area contributed by atoms with Crippen molar-refractivity contribution >= 4 is 55.9 Å². The topological polar surface area (TPSA) is 11.4 Å². The fourth-order valence-corrected chi connectivity index (χ4v) is 10.9. The largest absolute Gasteiger partial charge is 0.310 e. The van der Waals surface area contributed by atoms with E-state index in [2.05, 4.69) is 239 Å². The van der Waals surface area contributed by atoms with Crippen LogP contribution in [0.3, 0.4) is 0 Å². The van der Waals surface area contributed by atoms with Crippen molar-refractivity contribution in [2.75, 3.05) is 9.80 Å².